The minimum Gasteiger partial charge on any atom is -0.508 e. The molecule has 0 saturated carbocycles. The molecular weight excluding hydrogens is 1100 g/mol. The lowest BCUT2D eigenvalue weighted by Gasteiger charge is -2.12. The highest BCUT2D eigenvalue weighted by Gasteiger charge is 2.18. The zero-order valence-electron chi connectivity index (χ0n) is 43.7. The topological polar surface area (TPSA) is 323 Å². The van der Waals surface area contributed by atoms with Crippen molar-refractivity contribution in [3.63, 3.8) is 0 Å². The van der Waals surface area contributed by atoms with Gasteiger partial charge in [-0.1, -0.05) is 91.4 Å². The normalized spacial score (nSPS) is 10.7. The Bertz CT molecular complexity index is 3340. The SMILES string of the molecule is CCCCOC(=O)Nc1nnc(Sc2cc(O)c(C)cc2O)s1.CCCc1nnc(Sc2cc(O)c(NC(=O)NCCCOc3ccc(C)cc3C)cc2O)o1.Cn1c(Sc2cc(O)c(C=O)cc2O)nnc1-c1ccccc1. The number of rotatable bonds is 20. The number of hydrogen-bond donors (Lipinski definition) is 9. The second-order valence-corrected chi connectivity index (χ2v) is 21.3. The molecule has 0 bridgehead atoms. The van der Waals surface area contributed by atoms with E-state index in [0.717, 1.165) is 82.8 Å². The fourth-order valence-corrected chi connectivity index (χ4v) is 9.99. The largest absolute Gasteiger partial charge is 0.508 e. The summed E-state index contributed by atoms with van der Waals surface area (Å²) in [7, 11) is 1.82. The molecular formula is C53H58N10O12S4. The molecule has 0 aliphatic rings. The molecule has 0 unspecified atom stereocenters. The van der Waals surface area contributed by atoms with E-state index < -0.39 is 12.1 Å². The highest BCUT2D eigenvalue weighted by atomic mass is 32.2. The first-order chi connectivity index (χ1) is 37.9. The number of aryl methyl sites for hydroxylation is 4. The molecule has 5 aromatic carbocycles. The van der Waals surface area contributed by atoms with E-state index in [2.05, 4.69) is 52.6 Å². The lowest BCUT2D eigenvalue weighted by atomic mass is 10.1. The van der Waals surface area contributed by atoms with E-state index in [1.54, 1.807) is 11.5 Å². The highest BCUT2D eigenvalue weighted by Crippen LogP contribution is 2.42. The Morgan fingerprint density at radius 3 is 2.14 bits per heavy atom. The summed E-state index contributed by atoms with van der Waals surface area (Å²) < 4.78 is 18.5. The number of urea groups is 1. The molecule has 3 aromatic heterocycles. The molecule has 0 fully saturated rings. The third-order valence-electron chi connectivity index (χ3n) is 10.8. The Morgan fingerprint density at radius 2 is 1.41 bits per heavy atom. The molecule has 0 spiro atoms. The number of ether oxygens (including phenoxy) is 2. The summed E-state index contributed by atoms with van der Waals surface area (Å²) >= 11 is 4.48. The van der Waals surface area contributed by atoms with Crippen LogP contribution in [0.25, 0.3) is 11.4 Å². The lowest BCUT2D eigenvalue weighted by molar-refractivity contribution is 0.112. The van der Waals surface area contributed by atoms with Crippen LogP contribution in [0.5, 0.6) is 40.2 Å². The smallest absolute Gasteiger partial charge is 0.413 e. The first-order valence-electron chi connectivity index (χ1n) is 24.4. The number of aromatic hydroxyl groups is 6. The van der Waals surface area contributed by atoms with Gasteiger partial charge in [-0.3, -0.25) is 10.1 Å². The zero-order chi connectivity index (χ0) is 57.0. The summed E-state index contributed by atoms with van der Waals surface area (Å²) in [5, 5.41) is 92.6. The van der Waals surface area contributed by atoms with E-state index in [4.69, 9.17) is 13.9 Å². The molecule has 0 atom stereocenters. The predicted octanol–water partition coefficient (Wildman–Crippen LogP) is 11.4. The molecule has 0 aliphatic carbocycles. The molecule has 26 heteroatoms. The second-order valence-electron chi connectivity index (χ2n) is 17.0. The van der Waals surface area contributed by atoms with E-state index >= 15 is 0 Å². The van der Waals surface area contributed by atoms with E-state index in [-0.39, 0.29) is 51.0 Å². The van der Waals surface area contributed by atoms with Gasteiger partial charge in [0.25, 0.3) is 5.22 Å². The lowest BCUT2D eigenvalue weighted by Crippen LogP contribution is -2.30. The number of phenols is 6. The summed E-state index contributed by atoms with van der Waals surface area (Å²) in [6.07, 6.45) is 3.82. The van der Waals surface area contributed by atoms with Crippen LogP contribution in [0, 0.1) is 20.8 Å². The molecule has 3 heterocycles. The van der Waals surface area contributed by atoms with Crippen LogP contribution in [-0.2, 0) is 18.2 Å². The zero-order valence-corrected chi connectivity index (χ0v) is 47.0. The van der Waals surface area contributed by atoms with Crippen molar-refractivity contribution in [3.8, 4) is 51.6 Å². The Hall–Kier alpha value is -8.20. The average Bonchev–Trinajstić information content (AvgIpc) is 4.17. The maximum absolute atomic E-state index is 12.1. The van der Waals surface area contributed by atoms with E-state index in [9.17, 15) is 45.0 Å². The van der Waals surface area contributed by atoms with Crippen molar-refractivity contribution in [1.82, 2.24) is 40.5 Å². The highest BCUT2D eigenvalue weighted by molar-refractivity contribution is 8.01. The number of aldehydes is 1. The van der Waals surface area contributed by atoms with Crippen molar-refractivity contribution in [2.24, 2.45) is 7.05 Å². The van der Waals surface area contributed by atoms with Gasteiger partial charge in [0.2, 0.25) is 11.0 Å². The van der Waals surface area contributed by atoms with Crippen LogP contribution >= 0.6 is 46.6 Å². The monoisotopic (exact) mass is 1150 g/mol. The number of phenolic OH excluding ortho intramolecular Hbond substituents is 6. The molecule has 8 aromatic rings. The van der Waals surface area contributed by atoms with Crippen molar-refractivity contribution >= 4 is 75.9 Å². The van der Waals surface area contributed by atoms with Crippen molar-refractivity contribution < 1.29 is 58.9 Å². The number of nitrogens with one attached hydrogen (secondary N) is 3. The first-order valence-corrected chi connectivity index (χ1v) is 27.6. The molecule has 3 amide bonds. The fraction of sp³-hybridized carbons (Fsp3) is 0.264. The van der Waals surface area contributed by atoms with Gasteiger partial charge in [0.15, 0.2) is 21.6 Å². The Kier molecular flexibility index (Phi) is 22.4. The number of unbranched alkanes of at least 4 members (excludes halogenated alkanes) is 1. The van der Waals surface area contributed by atoms with Crippen molar-refractivity contribution in [2.75, 3.05) is 30.4 Å². The Balaban J connectivity index is 0.000000196. The number of hydrogen-bond acceptors (Lipinski definition) is 22. The number of carbonyl (C=O) groups is 3. The van der Waals surface area contributed by atoms with Gasteiger partial charge in [0.1, 0.15) is 40.2 Å². The molecule has 8 rings (SSSR count). The minimum atomic E-state index is -0.568. The molecule has 79 heavy (non-hydrogen) atoms. The van der Waals surface area contributed by atoms with Crippen molar-refractivity contribution in [3.05, 3.63) is 113 Å². The van der Waals surface area contributed by atoms with Gasteiger partial charge in [0, 0.05) is 31.6 Å². The molecule has 0 saturated heterocycles. The second kappa shape index (κ2) is 29.5. The fourth-order valence-electron chi connectivity index (χ4n) is 6.67. The standard InChI is InChI=1S/C23H28N4O5S.C16H13N3O3S.C14H17N3O4S2/c1-4-6-21-26-27-23(32-21)33-20-13-17(28)16(12-18(20)29)25-22(30)24-9-5-10-31-19-8-7-14(2)11-15(19)3;1-19-15(10-5-3-2-4-6-10)17-18-16(19)23-14-8-12(21)11(9-20)7-13(14)22;1-3-4-5-21-13(20)15-12-16-17-14(23-12)22-11-7-9(18)8(2)6-10(11)19/h7-8,11-13,28-29H,4-6,9-10H2,1-3H3,(H2,24,25,30);2-9,21-22H,1H3;6-7,18-19H,3-5H2,1-2H3,(H,15,16,20). The van der Waals surface area contributed by atoms with Gasteiger partial charge in [-0.2, -0.15) is 0 Å². The van der Waals surface area contributed by atoms with Gasteiger partial charge in [-0.25, -0.2) is 9.59 Å². The van der Waals surface area contributed by atoms with Crippen LogP contribution in [-0.4, -0.2) is 104 Å². The van der Waals surface area contributed by atoms with Crippen LogP contribution in [0.2, 0.25) is 0 Å². The van der Waals surface area contributed by atoms with E-state index in [1.165, 1.54) is 42.0 Å². The predicted molar refractivity (Wildman–Crippen MR) is 299 cm³/mol. The molecule has 22 nitrogen and oxygen atoms in total. The number of aromatic nitrogens is 7. The summed E-state index contributed by atoms with van der Waals surface area (Å²) in [6, 6.07) is 23.2. The van der Waals surface area contributed by atoms with Gasteiger partial charge in [-0.15, -0.1) is 30.6 Å². The quantitative estimate of drug-likeness (QED) is 0.0113. The minimum absolute atomic E-state index is 0.0368. The van der Waals surface area contributed by atoms with Crippen molar-refractivity contribution in [1.29, 1.82) is 0 Å². The molecule has 416 valence electrons. The van der Waals surface area contributed by atoms with Crippen molar-refractivity contribution in [2.45, 2.75) is 96.1 Å². The summed E-state index contributed by atoms with van der Waals surface area (Å²) in [5.41, 5.74) is 3.87. The Morgan fingerprint density at radius 1 is 0.696 bits per heavy atom. The first kappa shape index (κ1) is 60.0. The average molecular weight is 1160 g/mol. The van der Waals surface area contributed by atoms with Gasteiger partial charge >= 0.3 is 12.1 Å². The maximum atomic E-state index is 12.1. The van der Waals surface area contributed by atoms with Crippen LogP contribution in [0.3, 0.4) is 0 Å². The summed E-state index contributed by atoms with van der Waals surface area (Å²) in [5.74, 6) is 1.55. The van der Waals surface area contributed by atoms with Crippen LogP contribution in [0.15, 0.2) is 119 Å². The maximum Gasteiger partial charge on any atom is 0.413 e. The molecule has 0 aliphatic heterocycles. The molecule has 0 radical (unpaired) electrons. The van der Waals surface area contributed by atoms with Crippen LogP contribution < -0.4 is 20.7 Å². The summed E-state index contributed by atoms with van der Waals surface area (Å²) in [4.78, 5) is 35.6. The summed E-state index contributed by atoms with van der Waals surface area (Å²) in [6.45, 7) is 10.9. The van der Waals surface area contributed by atoms with Crippen LogP contribution in [0.1, 0.15) is 72.5 Å². The van der Waals surface area contributed by atoms with E-state index in [1.807, 2.05) is 77.2 Å². The number of benzene rings is 5. The van der Waals surface area contributed by atoms with Gasteiger partial charge in [0.05, 0.1) is 39.2 Å². The number of amides is 3. The number of anilines is 2. The molecule has 9 N–H and O–H groups in total. The third-order valence-corrected chi connectivity index (χ3v) is 14.7. The van der Waals surface area contributed by atoms with Crippen LogP contribution in [0.4, 0.5) is 20.4 Å². The number of nitrogens with zero attached hydrogens (tertiary/aromatic N) is 7. The number of carbonyl (C=O) groups excluding carboxylic acids is 3. The Labute approximate surface area is 471 Å². The van der Waals surface area contributed by atoms with Gasteiger partial charge < -0.3 is 59.7 Å². The van der Waals surface area contributed by atoms with E-state index in [0.29, 0.717) is 85.5 Å². The third kappa shape index (κ3) is 17.9. The van der Waals surface area contributed by atoms with Gasteiger partial charge in [-0.05, 0) is 111 Å².